The van der Waals surface area contributed by atoms with Gasteiger partial charge in [-0.2, -0.15) is 0 Å². The van der Waals surface area contributed by atoms with E-state index in [0.29, 0.717) is 13.0 Å². The highest BCUT2D eigenvalue weighted by Gasteiger charge is 2.29. The second-order valence-electron chi connectivity index (χ2n) is 5.60. The predicted octanol–water partition coefficient (Wildman–Crippen LogP) is 0.0521. The van der Waals surface area contributed by atoms with Crippen molar-refractivity contribution in [3.8, 4) is 0 Å². The molecule has 0 aromatic heterocycles. The van der Waals surface area contributed by atoms with Gasteiger partial charge in [0.2, 0.25) is 11.8 Å². The van der Waals surface area contributed by atoms with Crippen LogP contribution in [0.1, 0.15) is 27.2 Å². The van der Waals surface area contributed by atoms with E-state index in [1.54, 1.807) is 0 Å². The molecule has 0 bridgehead atoms. The Labute approximate surface area is 103 Å². The molecule has 1 heterocycles. The Morgan fingerprint density at radius 1 is 1.12 bits per heavy atom. The average Bonchev–Trinajstić information content (AvgIpc) is 2.25. The van der Waals surface area contributed by atoms with E-state index in [1.165, 1.54) is 0 Å². The molecule has 2 N–H and O–H groups in total. The van der Waals surface area contributed by atoms with Gasteiger partial charge < -0.3 is 10.6 Å². The Morgan fingerprint density at radius 2 is 1.65 bits per heavy atom. The first kappa shape index (κ1) is 14.0. The van der Waals surface area contributed by atoms with Gasteiger partial charge in [-0.25, -0.2) is 0 Å². The van der Waals surface area contributed by atoms with Crippen molar-refractivity contribution in [2.45, 2.75) is 27.2 Å². The van der Waals surface area contributed by atoms with Crippen LogP contribution in [-0.2, 0) is 9.59 Å². The molecule has 0 radical (unpaired) electrons. The number of piperazine rings is 1. The summed E-state index contributed by atoms with van der Waals surface area (Å²) in [6.07, 6.45) is 0.396. The van der Waals surface area contributed by atoms with Gasteiger partial charge in [-0.05, 0) is 0 Å². The number of primary amides is 1. The smallest absolute Gasteiger partial charge is 0.228 e. The zero-order chi connectivity index (χ0) is 13.1. The zero-order valence-electron chi connectivity index (χ0n) is 11.0. The predicted molar refractivity (Wildman–Crippen MR) is 66.3 cm³/mol. The molecule has 0 spiro atoms. The van der Waals surface area contributed by atoms with Crippen LogP contribution >= 0.6 is 0 Å². The first-order chi connectivity index (χ1) is 7.80. The number of nitrogens with zero attached hydrogens (tertiary/aromatic N) is 2. The normalized spacial score (nSPS) is 18.2. The topological polar surface area (TPSA) is 66.6 Å². The van der Waals surface area contributed by atoms with Gasteiger partial charge in [0.1, 0.15) is 0 Å². The number of carbonyl (C=O) groups is 2. The number of rotatable bonds is 3. The summed E-state index contributed by atoms with van der Waals surface area (Å²) in [5, 5.41) is 0. The Hall–Kier alpha value is -1.10. The van der Waals surface area contributed by atoms with Crippen LogP contribution < -0.4 is 5.73 Å². The molecule has 0 saturated carbocycles. The van der Waals surface area contributed by atoms with Gasteiger partial charge in [-0.3, -0.25) is 14.5 Å². The van der Waals surface area contributed by atoms with Crippen LogP contribution in [0.4, 0.5) is 0 Å². The van der Waals surface area contributed by atoms with Gasteiger partial charge in [0.15, 0.2) is 0 Å². The fourth-order valence-corrected chi connectivity index (χ4v) is 1.92. The van der Waals surface area contributed by atoms with E-state index in [2.05, 4.69) is 4.90 Å². The Kier molecular flexibility index (Phi) is 4.51. The minimum Gasteiger partial charge on any atom is -0.370 e. The van der Waals surface area contributed by atoms with Crippen LogP contribution in [0.3, 0.4) is 0 Å². The highest BCUT2D eigenvalue weighted by atomic mass is 16.2. The van der Waals surface area contributed by atoms with Crippen LogP contribution in [0.15, 0.2) is 0 Å². The van der Waals surface area contributed by atoms with Crippen molar-refractivity contribution in [3.63, 3.8) is 0 Å². The molecule has 98 valence electrons. The Bertz CT molecular complexity index is 289. The third kappa shape index (κ3) is 4.34. The highest BCUT2D eigenvalue weighted by Crippen LogP contribution is 2.18. The molecule has 0 atom stereocenters. The lowest BCUT2D eigenvalue weighted by Gasteiger charge is -2.37. The Balaban J connectivity index is 2.36. The third-order valence-electron chi connectivity index (χ3n) is 2.98. The molecular formula is C12H23N3O2. The lowest BCUT2D eigenvalue weighted by Crippen LogP contribution is -2.51. The third-order valence-corrected chi connectivity index (χ3v) is 2.98. The van der Waals surface area contributed by atoms with Crippen LogP contribution in [0.25, 0.3) is 0 Å². The molecule has 2 amide bonds. The molecule has 5 nitrogen and oxygen atoms in total. The molecule has 1 saturated heterocycles. The van der Waals surface area contributed by atoms with E-state index in [9.17, 15) is 9.59 Å². The second kappa shape index (κ2) is 5.49. The van der Waals surface area contributed by atoms with Gasteiger partial charge in [-0.15, -0.1) is 0 Å². The van der Waals surface area contributed by atoms with Crippen molar-refractivity contribution in [3.05, 3.63) is 0 Å². The quantitative estimate of drug-likeness (QED) is 0.759. The molecule has 0 aromatic carbocycles. The minimum atomic E-state index is -0.310. The molecule has 1 fully saturated rings. The fourth-order valence-electron chi connectivity index (χ4n) is 1.92. The summed E-state index contributed by atoms with van der Waals surface area (Å²) in [6.45, 7) is 9.67. The standard InChI is InChI=1S/C12H23N3O2/c1-12(2,3)11(17)15-8-6-14(7-9-15)5-4-10(13)16/h4-9H2,1-3H3,(H2,13,16). The summed E-state index contributed by atoms with van der Waals surface area (Å²) in [5.74, 6) is -0.0646. The van der Waals surface area contributed by atoms with E-state index < -0.39 is 0 Å². The molecule has 0 unspecified atom stereocenters. The highest BCUT2D eigenvalue weighted by molar-refractivity contribution is 5.81. The van der Waals surface area contributed by atoms with Crippen molar-refractivity contribution in [1.82, 2.24) is 9.80 Å². The summed E-state index contributed by atoms with van der Waals surface area (Å²) < 4.78 is 0. The molecule has 1 rings (SSSR count). The van der Waals surface area contributed by atoms with Gasteiger partial charge in [0.05, 0.1) is 0 Å². The van der Waals surface area contributed by atoms with Gasteiger partial charge >= 0.3 is 0 Å². The van der Waals surface area contributed by atoms with E-state index >= 15 is 0 Å². The molecule has 0 aromatic rings. The van der Waals surface area contributed by atoms with E-state index in [4.69, 9.17) is 5.73 Å². The molecular weight excluding hydrogens is 218 g/mol. The molecule has 1 aliphatic heterocycles. The maximum Gasteiger partial charge on any atom is 0.228 e. The lowest BCUT2D eigenvalue weighted by molar-refractivity contribution is -0.141. The van der Waals surface area contributed by atoms with Crippen LogP contribution in [0, 0.1) is 5.41 Å². The minimum absolute atomic E-state index is 0.201. The van der Waals surface area contributed by atoms with Crippen molar-refractivity contribution in [2.75, 3.05) is 32.7 Å². The van der Waals surface area contributed by atoms with Crippen LogP contribution in [0.5, 0.6) is 0 Å². The van der Waals surface area contributed by atoms with E-state index in [0.717, 1.165) is 26.2 Å². The zero-order valence-corrected chi connectivity index (χ0v) is 11.0. The van der Waals surface area contributed by atoms with Crippen LogP contribution in [-0.4, -0.2) is 54.3 Å². The molecule has 1 aliphatic rings. The van der Waals surface area contributed by atoms with Crippen molar-refractivity contribution in [2.24, 2.45) is 11.1 Å². The summed E-state index contributed by atoms with van der Waals surface area (Å²) >= 11 is 0. The largest absolute Gasteiger partial charge is 0.370 e. The van der Waals surface area contributed by atoms with Crippen LogP contribution in [0.2, 0.25) is 0 Å². The van der Waals surface area contributed by atoms with Crippen molar-refractivity contribution >= 4 is 11.8 Å². The van der Waals surface area contributed by atoms with Crippen molar-refractivity contribution < 1.29 is 9.59 Å². The average molecular weight is 241 g/mol. The lowest BCUT2D eigenvalue weighted by atomic mass is 9.94. The number of nitrogens with two attached hydrogens (primary N) is 1. The number of amides is 2. The maximum absolute atomic E-state index is 12.0. The number of carbonyl (C=O) groups excluding carboxylic acids is 2. The van der Waals surface area contributed by atoms with Gasteiger partial charge in [-0.1, -0.05) is 20.8 Å². The molecule has 17 heavy (non-hydrogen) atoms. The van der Waals surface area contributed by atoms with Gasteiger partial charge in [0.25, 0.3) is 0 Å². The summed E-state index contributed by atoms with van der Waals surface area (Å²) in [7, 11) is 0. The maximum atomic E-state index is 12.0. The van der Waals surface area contributed by atoms with Crippen molar-refractivity contribution in [1.29, 1.82) is 0 Å². The first-order valence-electron chi connectivity index (χ1n) is 6.11. The molecule has 0 aliphatic carbocycles. The molecule has 5 heteroatoms. The summed E-state index contributed by atoms with van der Waals surface area (Å²) in [6, 6.07) is 0. The first-order valence-corrected chi connectivity index (χ1v) is 6.11. The Morgan fingerprint density at radius 3 is 2.06 bits per heavy atom. The monoisotopic (exact) mass is 241 g/mol. The summed E-state index contributed by atoms with van der Waals surface area (Å²) in [4.78, 5) is 26.8. The number of hydrogen-bond donors (Lipinski definition) is 1. The van der Waals surface area contributed by atoms with Gasteiger partial charge in [0, 0.05) is 44.6 Å². The summed E-state index contributed by atoms with van der Waals surface area (Å²) in [5.41, 5.74) is 4.80. The SMILES string of the molecule is CC(C)(C)C(=O)N1CCN(CCC(N)=O)CC1. The number of hydrogen-bond acceptors (Lipinski definition) is 3. The van der Waals surface area contributed by atoms with E-state index in [1.807, 2.05) is 25.7 Å². The second-order valence-corrected chi connectivity index (χ2v) is 5.60. The van der Waals surface area contributed by atoms with E-state index in [-0.39, 0.29) is 17.2 Å². The fraction of sp³-hybridized carbons (Fsp3) is 0.833.